The molecule has 3 nitrogen and oxygen atoms in total. The van der Waals surface area contributed by atoms with Crippen LogP contribution < -0.4 is 10.6 Å². The Morgan fingerprint density at radius 3 is 2.32 bits per heavy atom. The highest BCUT2D eigenvalue weighted by molar-refractivity contribution is 6.44. The first-order chi connectivity index (χ1) is 8.82. The number of carbonyl (C=O) groups is 1. The molecule has 6 heteroatoms. The number of rotatable bonds is 5. The van der Waals surface area contributed by atoms with E-state index >= 15 is 0 Å². The third kappa shape index (κ3) is 4.84. The van der Waals surface area contributed by atoms with Gasteiger partial charge in [0.2, 0.25) is 5.91 Å². The van der Waals surface area contributed by atoms with Gasteiger partial charge in [0.25, 0.3) is 0 Å². The summed E-state index contributed by atoms with van der Waals surface area (Å²) >= 11 is 18.1. The fourth-order valence-corrected chi connectivity index (χ4v) is 2.17. The minimum atomic E-state index is -0.339. The van der Waals surface area contributed by atoms with E-state index in [-0.39, 0.29) is 18.0 Å². The van der Waals surface area contributed by atoms with E-state index in [0.29, 0.717) is 27.2 Å². The first kappa shape index (κ1) is 16.6. The van der Waals surface area contributed by atoms with Crippen LogP contribution in [0.3, 0.4) is 0 Å². The fraction of sp³-hybridized carbons (Fsp3) is 0.462. The highest BCUT2D eigenvalue weighted by Gasteiger charge is 2.15. The maximum Gasteiger partial charge on any atom is 0.237 e. The number of benzene rings is 1. The number of halogens is 3. The first-order valence-corrected chi connectivity index (χ1v) is 7.12. The molecule has 1 rings (SSSR count). The third-order valence-electron chi connectivity index (χ3n) is 2.55. The van der Waals surface area contributed by atoms with Crippen LogP contribution in [0, 0.1) is 0 Å². The second-order valence-corrected chi connectivity index (χ2v) is 5.78. The molecule has 19 heavy (non-hydrogen) atoms. The summed E-state index contributed by atoms with van der Waals surface area (Å²) in [6, 6.07) is 3.10. The Hall–Kier alpha value is -0.480. The smallest absolute Gasteiger partial charge is 0.237 e. The van der Waals surface area contributed by atoms with Crippen molar-refractivity contribution < 1.29 is 4.79 Å². The molecule has 0 saturated carbocycles. The van der Waals surface area contributed by atoms with Gasteiger partial charge in [0, 0.05) is 23.2 Å². The van der Waals surface area contributed by atoms with Gasteiger partial charge in [-0.2, -0.15) is 0 Å². The zero-order valence-corrected chi connectivity index (χ0v) is 13.3. The average molecular weight is 324 g/mol. The number of carbonyl (C=O) groups excluding carboxylic acids is 1. The van der Waals surface area contributed by atoms with E-state index in [1.807, 2.05) is 13.8 Å². The van der Waals surface area contributed by atoms with Crippen LogP contribution in [0.5, 0.6) is 0 Å². The number of amides is 1. The molecule has 1 atom stereocenters. The third-order valence-corrected chi connectivity index (χ3v) is 3.75. The molecule has 1 aromatic carbocycles. The number of hydrogen-bond acceptors (Lipinski definition) is 2. The summed E-state index contributed by atoms with van der Waals surface area (Å²) in [4.78, 5) is 11.7. The van der Waals surface area contributed by atoms with Crippen molar-refractivity contribution in [1.29, 1.82) is 0 Å². The Bertz CT molecular complexity index is 463. The van der Waals surface area contributed by atoms with Crippen molar-refractivity contribution in [3.8, 4) is 0 Å². The van der Waals surface area contributed by atoms with E-state index < -0.39 is 0 Å². The second kappa shape index (κ2) is 7.34. The molecule has 0 aromatic heterocycles. The SMILES string of the molecule is CC(C)NC(=O)C(C)NCc1c(Cl)ccc(Cl)c1Cl. The van der Waals surface area contributed by atoms with E-state index in [9.17, 15) is 4.79 Å². The number of hydrogen-bond donors (Lipinski definition) is 2. The summed E-state index contributed by atoms with van der Waals surface area (Å²) < 4.78 is 0. The van der Waals surface area contributed by atoms with Crippen LogP contribution in [0.4, 0.5) is 0 Å². The topological polar surface area (TPSA) is 41.1 Å². The molecule has 2 N–H and O–H groups in total. The maximum atomic E-state index is 11.7. The molecule has 1 unspecified atom stereocenters. The summed E-state index contributed by atoms with van der Waals surface area (Å²) in [5, 5.41) is 7.29. The van der Waals surface area contributed by atoms with Gasteiger partial charge in [-0.3, -0.25) is 4.79 Å². The van der Waals surface area contributed by atoms with Crippen molar-refractivity contribution >= 4 is 40.7 Å². The van der Waals surface area contributed by atoms with Crippen molar-refractivity contribution in [2.45, 2.75) is 39.4 Å². The molecule has 1 amide bonds. The molecule has 0 aliphatic rings. The Kier molecular flexibility index (Phi) is 6.40. The highest BCUT2D eigenvalue weighted by atomic mass is 35.5. The van der Waals surface area contributed by atoms with Gasteiger partial charge in [0.05, 0.1) is 16.1 Å². The lowest BCUT2D eigenvalue weighted by molar-refractivity contribution is -0.123. The van der Waals surface area contributed by atoms with Crippen molar-refractivity contribution in [2.75, 3.05) is 0 Å². The van der Waals surface area contributed by atoms with Crippen LogP contribution >= 0.6 is 34.8 Å². The summed E-state index contributed by atoms with van der Waals surface area (Å²) in [7, 11) is 0. The van der Waals surface area contributed by atoms with E-state index in [4.69, 9.17) is 34.8 Å². The molecule has 1 aromatic rings. The van der Waals surface area contributed by atoms with Crippen LogP contribution in [0.1, 0.15) is 26.3 Å². The first-order valence-electron chi connectivity index (χ1n) is 5.99. The fourth-order valence-electron chi connectivity index (χ4n) is 1.49. The van der Waals surface area contributed by atoms with Gasteiger partial charge >= 0.3 is 0 Å². The highest BCUT2D eigenvalue weighted by Crippen LogP contribution is 2.31. The normalized spacial score (nSPS) is 12.6. The summed E-state index contributed by atoms with van der Waals surface area (Å²) in [6.45, 7) is 5.99. The van der Waals surface area contributed by atoms with Crippen molar-refractivity contribution in [3.05, 3.63) is 32.8 Å². The predicted octanol–water partition coefficient (Wildman–Crippen LogP) is 3.65. The van der Waals surface area contributed by atoms with Gasteiger partial charge in [-0.1, -0.05) is 34.8 Å². The Morgan fingerprint density at radius 2 is 1.74 bits per heavy atom. The predicted molar refractivity (Wildman–Crippen MR) is 81.1 cm³/mol. The van der Waals surface area contributed by atoms with Crippen molar-refractivity contribution in [3.63, 3.8) is 0 Å². The number of nitrogens with one attached hydrogen (secondary N) is 2. The Morgan fingerprint density at radius 1 is 1.16 bits per heavy atom. The largest absolute Gasteiger partial charge is 0.353 e. The molecule has 0 radical (unpaired) electrons. The molecular formula is C13H17Cl3N2O. The molecule has 0 heterocycles. The molecule has 0 fully saturated rings. The minimum Gasteiger partial charge on any atom is -0.353 e. The molecule has 0 bridgehead atoms. The second-order valence-electron chi connectivity index (χ2n) is 4.59. The van der Waals surface area contributed by atoms with Crippen LogP contribution in [-0.4, -0.2) is 18.0 Å². The minimum absolute atomic E-state index is 0.0655. The summed E-state index contributed by atoms with van der Waals surface area (Å²) in [5.74, 6) is -0.0655. The van der Waals surface area contributed by atoms with Crippen LogP contribution in [0.15, 0.2) is 12.1 Å². The molecule has 0 aliphatic carbocycles. The lowest BCUT2D eigenvalue weighted by Gasteiger charge is -2.17. The molecule has 0 spiro atoms. The summed E-state index contributed by atoms with van der Waals surface area (Å²) in [6.07, 6.45) is 0. The zero-order chi connectivity index (χ0) is 14.6. The Labute approximate surface area is 128 Å². The van der Waals surface area contributed by atoms with Gasteiger partial charge < -0.3 is 10.6 Å². The van der Waals surface area contributed by atoms with Gasteiger partial charge in [-0.15, -0.1) is 0 Å². The van der Waals surface area contributed by atoms with Crippen LogP contribution in [0.2, 0.25) is 15.1 Å². The Balaban J connectivity index is 2.67. The summed E-state index contributed by atoms with van der Waals surface area (Å²) in [5.41, 5.74) is 0.694. The average Bonchev–Trinajstić information content (AvgIpc) is 2.33. The lowest BCUT2D eigenvalue weighted by Crippen LogP contribution is -2.44. The van der Waals surface area contributed by atoms with E-state index in [2.05, 4.69) is 10.6 Å². The van der Waals surface area contributed by atoms with Gasteiger partial charge in [-0.05, 0) is 32.9 Å². The quantitative estimate of drug-likeness (QED) is 0.812. The zero-order valence-electron chi connectivity index (χ0n) is 11.1. The van der Waals surface area contributed by atoms with E-state index in [1.165, 1.54) is 0 Å². The molecule has 0 aliphatic heterocycles. The van der Waals surface area contributed by atoms with Crippen molar-refractivity contribution in [2.24, 2.45) is 0 Å². The molecule has 0 saturated heterocycles. The molecular weight excluding hydrogens is 307 g/mol. The van der Waals surface area contributed by atoms with Gasteiger partial charge in [0.1, 0.15) is 0 Å². The standard InChI is InChI=1S/C13H17Cl3N2O/c1-7(2)18-13(19)8(3)17-6-9-10(14)4-5-11(15)12(9)16/h4-5,7-8,17H,6H2,1-3H3,(H,18,19). The molecule has 106 valence electrons. The van der Waals surface area contributed by atoms with Gasteiger partial charge in [0.15, 0.2) is 0 Å². The van der Waals surface area contributed by atoms with Crippen molar-refractivity contribution in [1.82, 2.24) is 10.6 Å². The van der Waals surface area contributed by atoms with E-state index in [1.54, 1.807) is 19.1 Å². The van der Waals surface area contributed by atoms with Crippen LogP contribution in [0.25, 0.3) is 0 Å². The van der Waals surface area contributed by atoms with Crippen LogP contribution in [-0.2, 0) is 11.3 Å². The van der Waals surface area contributed by atoms with E-state index in [0.717, 1.165) is 0 Å². The maximum absolute atomic E-state index is 11.7. The van der Waals surface area contributed by atoms with Gasteiger partial charge in [-0.25, -0.2) is 0 Å². The lowest BCUT2D eigenvalue weighted by atomic mass is 10.2. The monoisotopic (exact) mass is 322 g/mol.